The Bertz CT molecular complexity index is 299. The van der Waals surface area contributed by atoms with Crippen LogP contribution in [0.5, 0.6) is 0 Å². The van der Waals surface area contributed by atoms with Crippen molar-refractivity contribution >= 4 is 11.6 Å². The third-order valence-corrected chi connectivity index (χ3v) is 6.93. The first-order chi connectivity index (χ1) is 13.3. The molecule has 1 rings (SSSR count). The van der Waals surface area contributed by atoms with Crippen molar-refractivity contribution in [3.63, 3.8) is 0 Å². The second-order valence-corrected chi connectivity index (χ2v) is 9.55. The standard InChI is InChI=1S/C25H50ClN/c1-3-5-7-9-10-12-15-24(14-11-8-6-4-2)16-13-17-25-18-21-27(22-19-25)23-20-26/h24-25H,3-23H2,1-2H3. The lowest BCUT2D eigenvalue weighted by Crippen LogP contribution is -2.34. The van der Waals surface area contributed by atoms with E-state index in [2.05, 4.69) is 18.7 Å². The van der Waals surface area contributed by atoms with Gasteiger partial charge < -0.3 is 4.90 Å². The maximum absolute atomic E-state index is 5.89. The zero-order chi connectivity index (χ0) is 19.6. The summed E-state index contributed by atoms with van der Waals surface area (Å²) in [5, 5.41) is 0. The van der Waals surface area contributed by atoms with Gasteiger partial charge in [-0.2, -0.15) is 0 Å². The Morgan fingerprint density at radius 3 is 1.85 bits per heavy atom. The fourth-order valence-electron chi connectivity index (χ4n) is 4.82. The van der Waals surface area contributed by atoms with Crippen LogP contribution in [-0.2, 0) is 0 Å². The second kappa shape index (κ2) is 18.3. The molecule has 1 unspecified atom stereocenters. The number of likely N-dealkylation sites (tertiary alicyclic amines) is 1. The van der Waals surface area contributed by atoms with Crippen LogP contribution in [-0.4, -0.2) is 30.4 Å². The predicted molar refractivity (Wildman–Crippen MR) is 124 cm³/mol. The molecule has 0 aromatic rings. The van der Waals surface area contributed by atoms with E-state index in [1.54, 1.807) is 0 Å². The Labute approximate surface area is 177 Å². The summed E-state index contributed by atoms with van der Waals surface area (Å²) in [4.78, 5) is 2.55. The topological polar surface area (TPSA) is 3.24 Å². The van der Waals surface area contributed by atoms with Crippen LogP contribution < -0.4 is 0 Å². The first kappa shape index (κ1) is 25.3. The number of nitrogens with zero attached hydrogens (tertiary/aromatic N) is 1. The zero-order valence-corrected chi connectivity index (χ0v) is 19.6. The summed E-state index contributed by atoms with van der Waals surface area (Å²) in [6, 6.07) is 0. The molecular weight excluding hydrogens is 350 g/mol. The Kier molecular flexibility index (Phi) is 17.1. The number of hydrogen-bond acceptors (Lipinski definition) is 1. The summed E-state index contributed by atoms with van der Waals surface area (Å²) >= 11 is 5.89. The molecule has 1 fully saturated rings. The van der Waals surface area contributed by atoms with E-state index in [-0.39, 0.29) is 0 Å². The van der Waals surface area contributed by atoms with Crippen LogP contribution in [0.15, 0.2) is 0 Å². The average molecular weight is 400 g/mol. The van der Waals surface area contributed by atoms with Gasteiger partial charge in [0.2, 0.25) is 0 Å². The molecule has 0 spiro atoms. The fraction of sp³-hybridized carbons (Fsp3) is 1.00. The smallest absolute Gasteiger partial charge is 0.0351 e. The SMILES string of the molecule is CCCCCCCCC(CCCCCC)CCCC1CCN(CCCl)CC1. The molecule has 1 atom stereocenters. The molecule has 1 aliphatic rings. The van der Waals surface area contributed by atoms with E-state index in [0.717, 1.165) is 24.3 Å². The summed E-state index contributed by atoms with van der Waals surface area (Å²) < 4.78 is 0. The van der Waals surface area contributed by atoms with Crippen molar-refractivity contribution in [3.05, 3.63) is 0 Å². The van der Waals surface area contributed by atoms with E-state index in [9.17, 15) is 0 Å². The Morgan fingerprint density at radius 1 is 0.741 bits per heavy atom. The maximum atomic E-state index is 5.89. The van der Waals surface area contributed by atoms with Gasteiger partial charge in [-0.25, -0.2) is 0 Å². The monoisotopic (exact) mass is 399 g/mol. The van der Waals surface area contributed by atoms with Gasteiger partial charge in [0.05, 0.1) is 0 Å². The summed E-state index contributed by atoms with van der Waals surface area (Å²) in [5.41, 5.74) is 0. The molecule has 1 heterocycles. The van der Waals surface area contributed by atoms with Crippen LogP contribution in [0.3, 0.4) is 0 Å². The fourth-order valence-corrected chi connectivity index (χ4v) is 5.06. The number of piperidine rings is 1. The van der Waals surface area contributed by atoms with Crippen molar-refractivity contribution < 1.29 is 0 Å². The van der Waals surface area contributed by atoms with Gasteiger partial charge in [0.1, 0.15) is 0 Å². The summed E-state index contributed by atoms with van der Waals surface area (Å²) in [6.07, 6.45) is 24.7. The Hall–Kier alpha value is 0.250. The molecule has 2 heteroatoms. The largest absolute Gasteiger partial charge is 0.302 e. The lowest BCUT2D eigenvalue weighted by molar-refractivity contribution is 0.183. The van der Waals surface area contributed by atoms with Crippen LogP contribution in [0.1, 0.15) is 123 Å². The van der Waals surface area contributed by atoms with Crippen LogP contribution in [0.4, 0.5) is 0 Å². The lowest BCUT2D eigenvalue weighted by Gasteiger charge is -2.31. The molecule has 1 saturated heterocycles. The highest BCUT2D eigenvalue weighted by atomic mass is 35.5. The minimum atomic E-state index is 0.794. The third-order valence-electron chi connectivity index (χ3n) is 6.76. The predicted octanol–water partition coefficient (Wildman–Crippen LogP) is 8.44. The maximum Gasteiger partial charge on any atom is 0.0351 e. The van der Waals surface area contributed by atoms with E-state index in [0.29, 0.717) is 0 Å². The highest BCUT2D eigenvalue weighted by Gasteiger charge is 2.19. The van der Waals surface area contributed by atoms with Gasteiger partial charge in [-0.1, -0.05) is 110 Å². The molecule has 1 aliphatic heterocycles. The van der Waals surface area contributed by atoms with Gasteiger partial charge in [-0.3, -0.25) is 0 Å². The molecule has 1 nitrogen and oxygen atoms in total. The van der Waals surface area contributed by atoms with Crippen molar-refractivity contribution in [2.75, 3.05) is 25.5 Å². The van der Waals surface area contributed by atoms with Gasteiger partial charge in [0, 0.05) is 12.4 Å². The average Bonchev–Trinajstić information content (AvgIpc) is 2.69. The van der Waals surface area contributed by atoms with Crippen molar-refractivity contribution in [1.82, 2.24) is 4.90 Å². The second-order valence-electron chi connectivity index (χ2n) is 9.18. The van der Waals surface area contributed by atoms with Crippen molar-refractivity contribution in [1.29, 1.82) is 0 Å². The number of rotatable bonds is 18. The van der Waals surface area contributed by atoms with Crippen LogP contribution in [0.2, 0.25) is 0 Å². The highest BCUT2D eigenvalue weighted by molar-refractivity contribution is 6.18. The van der Waals surface area contributed by atoms with Crippen molar-refractivity contribution in [2.24, 2.45) is 11.8 Å². The molecule has 0 aromatic carbocycles. The van der Waals surface area contributed by atoms with Gasteiger partial charge in [-0.15, -0.1) is 11.6 Å². The van der Waals surface area contributed by atoms with Crippen molar-refractivity contribution in [2.45, 2.75) is 123 Å². The van der Waals surface area contributed by atoms with Crippen LogP contribution in [0, 0.1) is 11.8 Å². The molecule has 162 valence electrons. The van der Waals surface area contributed by atoms with Gasteiger partial charge in [0.15, 0.2) is 0 Å². The molecule has 0 N–H and O–H groups in total. The molecule has 0 bridgehead atoms. The number of hydrogen-bond donors (Lipinski definition) is 0. The molecule has 0 amide bonds. The third kappa shape index (κ3) is 14.0. The zero-order valence-electron chi connectivity index (χ0n) is 18.8. The van der Waals surface area contributed by atoms with E-state index < -0.39 is 0 Å². The summed E-state index contributed by atoms with van der Waals surface area (Å²) in [5.74, 6) is 2.80. The first-order valence-corrected chi connectivity index (χ1v) is 13.1. The lowest BCUT2D eigenvalue weighted by atomic mass is 9.86. The van der Waals surface area contributed by atoms with Gasteiger partial charge in [-0.05, 0) is 37.8 Å². The van der Waals surface area contributed by atoms with E-state index in [1.165, 1.54) is 122 Å². The van der Waals surface area contributed by atoms with E-state index in [1.807, 2.05) is 0 Å². The Morgan fingerprint density at radius 2 is 1.26 bits per heavy atom. The minimum absolute atomic E-state index is 0.794. The van der Waals surface area contributed by atoms with Crippen LogP contribution in [0.25, 0.3) is 0 Å². The molecule has 0 saturated carbocycles. The summed E-state index contributed by atoms with van der Waals surface area (Å²) in [7, 11) is 0. The normalized spacial score (nSPS) is 17.4. The van der Waals surface area contributed by atoms with Gasteiger partial charge in [0.25, 0.3) is 0 Å². The highest BCUT2D eigenvalue weighted by Crippen LogP contribution is 2.27. The molecule has 27 heavy (non-hydrogen) atoms. The number of alkyl halides is 1. The van der Waals surface area contributed by atoms with E-state index in [4.69, 9.17) is 11.6 Å². The van der Waals surface area contributed by atoms with Crippen molar-refractivity contribution in [3.8, 4) is 0 Å². The molecular formula is C25H50ClN. The number of halogens is 1. The molecule has 0 aromatic heterocycles. The summed E-state index contributed by atoms with van der Waals surface area (Å²) in [6.45, 7) is 8.30. The van der Waals surface area contributed by atoms with E-state index >= 15 is 0 Å². The Balaban J connectivity index is 2.16. The number of unbranched alkanes of at least 4 members (excludes halogenated alkanes) is 8. The molecule has 0 aliphatic carbocycles. The first-order valence-electron chi connectivity index (χ1n) is 12.6. The molecule has 0 radical (unpaired) electrons. The minimum Gasteiger partial charge on any atom is -0.302 e. The van der Waals surface area contributed by atoms with Crippen LogP contribution >= 0.6 is 11.6 Å². The van der Waals surface area contributed by atoms with Gasteiger partial charge >= 0.3 is 0 Å². The quantitative estimate of drug-likeness (QED) is 0.165.